The standard InChI is InChI=1S/C14H10Cl2N2S/c1-2-8-3-4-10-9(7-8)13(16)18-14(17-10)11-5-6-12(15)19-11/h3-7H,2H2,1H3. The second kappa shape index (κ2) is 5.08. The van der Waals surface area contributed by atoms with Crippen molar-refractivity contribution in [2.75, 3.05) is 0 Å². The van der Waals surface area contributed by atoms with Crippen LogP contribution in [0.4, 0.5) is 0 Å². The molecule has 0 bridgehead atoms. The molecule has 96 valence electrons. The summed E-state index contributed by atoms with van der Waals surface area (Å²) in [5.41, 5.74) is 2.08. The van der Waals surface area contributed by atoms with Gasteiger partial charge in [0.05, 0.1) is 14.7 Å². The molecule has 2 heterocycles. The summed E-state index contributed by atoms with van der Waals surface area (Å²) < 4.78 is 0.719. The van der Waals surface area contributed by atoms with Crippen LogP contribution < -0.4 is 0 Å². The van der Waals surface area contributed by atoms with Crippen LogP contribution in [0.5, 0.6) is 0 Å². The summed E-state index contributed by atoms with van der Waals surface area (Å²) in [6.45, 7) is 2.11. The first-order valence-corrected chi connectivity index (χ1v) is 7.46. The van der Waals surface area contributed by atoms with Gasteiger partial charge < -0.3 is 0 Å². The molecule has 2 nitrogen and oxygen atoms in total. The summed E-state index contributed by atoms with van der Waals surface area (Å²) in [7, 11) is 0. The molecule has 3 rings (SSSR count). The molecule has 0 aliphatic heterocycles. The summed E-state index contributed by atoms with van der Waals surface area (Å²) >= 11 is 13.7. The van der Waals surface area contributed by atoms with Crippen LogP contribution in [-0.2, 0) is 6.42 Å². The molecule has 0 amide bonds. The summed E-state index contributed by atoms with van der Waals surface area (Å²) in [6, 6.07) is 9.84. The van der Waals surface area contributed by atoms with Crippen molar-refractivity contribution in [2.24, 2.45) is 0 Å². The van der Waals surface area contributed by atoms with Crippen LogP contribution in [0.3, 0.4) is 0 Å². The number of benzene rings is 1. The van der Waals surface area contributed by atoms with Gasteiger partial charge in [-0.25, -0.2) is 9.97 Å². The summed E-state index contributed by atoms with van der Waals surface area (Å²) in [5, 5.41) is 1.38. The lowest BCUT2D eigenvalue weighted by molar-refractivity contribution is 1.14. The molecular weight excluding hydrogens is 299 g/mol. The Morgan fingerprint density at radius 2 is 1.95 bits per heavy atom. The third-order valence-corrected chi connectivity index (χ3v) is 4.43. The van der Waals surface area contributed by atoms with Gasteiger partial charge in [0, 0.05) is 5.39 Å². The average molecular weight is 309 g/mol. The molecule has 2 aromatic heterocycles. The first-order valence-electron chi connectivity index (χ1n) is 5.89. The molecule has 0 atom stereocenters. The molecule has 0 unspecified atom stereocenters. The van der Waals surface area contributed by atoms with E-state index in [-0.39, 0.29) is 0 Å². The van der Waals surface area contributed by atoms with E-state index in [9.17, 15) is 0 Å². The minimum atomic E-state index is 0.486. The number of thiophene rings is 1. The van der Waals surface area contributed by atoms with E-state index in [0.29, 0.717) is 11.0 Å². The Balaban J connectivity index is 2.19. The normalized spacial score (nSPS) is 11.1. The summed E-state index contributed by atoms with van der Waals surface area (Å²) in [5.74, 6) is 0.624. The molecule has 0 radical (unpaired) electrons. The fourth-order valence-electron chi connectivity index (χ4n) is 1.90. The first-order chi connectivity index (χ1) is 9.17. The Bertz CT molecular complexity index is 752. The molecule has 0 spiro atoms. The van der Waals surface area contributed by atoms with Gasteiger partial charge in [0.1, 0.15) is 5.15 Å². The zero-order valence-electron chi connectivity index (χ0n) is 10.2. The molecule has 0 saturated carbocycles. The van der Waals surface area contributed by atoms with Gasteiger partial charge in [-0.05, 0) is 36.2 Å². The Morgan fingerprint density at radius 1 is 1.11 bits per heavy atom. The Labute approximate surface area is 125 Å². The topological polar surface area (TPSA) is 25.8 Å². The van der Waals surface area contributed by atoms with Crippen LogP contribution in [0.1, 0.15) is 12.5 Å². The predicted molar refractivity (Wildman–Crippen MR) is 82.2 cm³/mol. The van der Waals surface area contributed by atoms with Gasteiger partial charge in [-0.15, -0.1) is 11.3 Å². The number of rotatable bonds is 2. The smallest absolute Gasteiger partial charge is 0.171 e. The number of hydrogen-bond acceptors (Lipinski definition) is 3. The SMILES string of the molecule is CCc1ccc2nc(-c3ccc(Cl)s3)nc(Cl)c2c1. The van der Waals surface area contributed by atoms with Gasteiger partial charge in [-0.1, -0.05) is 36.2 Å². The van der Waals surface area contributed by atoms with E-state index in [4.69, 9.17) is 23.2 Å². The van der Waals surface area contributed by atoms with Crippen molar-refractivity contribution in [3.05, 3.63) is 45.4 Å². The number of halogens is 2. The van der Waals surface area contributed by atoms with Gasteiger partial charge in [-0.2, -0.15) is 0 Å². The van der Waals surface area contributed by atoms with E-state index >= 15 is 0 Å². The van der Waals surface area contributed by atoms with Crippen LogP contribution in [0.15, 0.2) is 30.3 Å². The Morgan fingerprint density at radius 3 is 2.63 bits per heavy atom. The van der Waals surface area contributed by atoms with E-state index < -0.39 is 0 Å². The molecule has 5 heteroatoms. The van der Waals surface area contributed by atoms with E-state index in [0.717, 1.165) is 26.5 Å². The van der Waals surface area contributed by atoms with E-state index in [1.165, 1.54) is 16.9 Å². The molecule has 0 N–H and O–H groups in total. The second-order valence-corrected chi connectivity index (χ2v) is 6.22. The lowest BCUT2D eigenvalue weighted by atomic mass is 10.1. The molecule has 0 saturated heterocycles. The molecule has 0 fully saturated rings. The van der Waals surface area contributed by atoms with Crippen molar-refractivity contribution in [2.45, 2.75) is 13.3 Å². The van der Waals surface area contributed by atoms with Crippen molar-refractivity contribution < 1.29 is 0 Å². The third-order valence-electron chi connectivity index (χ3n) is 2.92. The van der Waals surface area contributed by atoms with Crippen molar-refractivity contribution in [3.8, 4) is 10.7 Å². The predicted octanol–water partition coefficient (Wildman–Crippen LogP) is 5.23. The monoisotopic (exact) mass is 308 g/mol. The van der Waals surface area contributed by atoms with Crippen molar-refractivity contribution >= 4 is 45.4 Å². The molecular formula is C14H10Cl2N2S. The van der Waals surface area contributed by atoms with E-state index in [1.54, 1.807) is 0 Å². The van der Waals surface area contributed by atoms with Gasteiger partial charge in [0.15, 0.2) is 5.82 Å². The third kappa shape index (κ3) is 2.46. The molecule has 0 aliphatic carbocycles. The van der Waals surface area contributed by atoms with Gasteiger partial charge in [0.25, 0.3) is 0 Å². The highest BCUT2D eigenvalue weighted by atomic mass is 35.5. The first kappa shape index (κ1) is 12.9. The molecule has 19 heavy (non-hydrogen) atoms. The molecule has 0 aliphatic rings. The number of aryl methyl sites for hydroxylation is 1. The van der Waals surface area contributed by atoms with Crippen LogP contribution in [0, 0.1) is 0 Å². The number of aromatic nitrogens is 2. The van der Waals surface area contributed by atoms with Crippen LogP contribution >= 0.6 is 34.5 Å². The fraction of sp³-hybridized carbons (Fsp3) is 0.143. The van der Waals surface area contributed by atoms with E-state index in [2.05, 4.69) is 23.0 Å². The maximum absolute atomic E-state index is 6.27. The average Bonchev–Trinajstić information content (AvgIpc) is 2.85. The van der Waals surface area contributed by atoms with Crippen molar-refractivity contribution in [1.29, 1.82) is 0 Å². The second-order valence-electron chi connectivity index (χ2n) is 4.15. The van der Waals surface area contributed by atoms with Gasteiger partial charge in [0.2, 0.25) is 0 Å². The van der Waals surface area contributed by atoms with Crippen LogP contribution in [0.2, 0.25) is 9.49 Å². The molecule has 1 aromatic carbocycles. The maximum atomic E-state index is 6.27. The summed E-state index contributed by atoms with van der Waals surface area (Å²) in [4.78, 5) is 9.84. The zero-order valence-corrected chi connectivity index (χ0v) is 12.5. The minimum absolute atomic E-state index is 0.486. The maximum Gasteiger partial charge on any atom is 0.171 e. The van der Waals surface area contributed by atoms with E-state index in [1.807, 2.05) is 24.3 Å². The summed E-state index contributed by atoms with van der Waals surface area (Å²) in [6.07, 6.45) is 0.967. The lowest BCUT2D eigenvalue weighted by Crippen LogP contribution is -1.91. The highest BCUT2D eigenvalue weighted by Crippen LogP contribution is 2.31. The number of fused-ring (bicyclic) bond motifs is 1. The Hall–Kier alpha value is -1.16. The van der Waals surface area contributed by atoms with Crippen LogP contribution in [-0.4, -0.2) is 9.97 Å². The quantitative estimate of drug-likeness (QED) is 0.606. The number of nitrogens with zero attached hydrogens (tertiary/aromatic N) is 2. The zero-order chi connectivity index (χ0) is 13.4. The fourth-order valence-corrected chi connectivity index (χ4v) is 3.11. The van der Waals surface area contributed by atoms with Crippen molar-refractivity contribution in [3.63, 3.8) is 0 Å². The number of hydrogen-bond donors (Lipinski definition) is 0. The van der Waals surface area contributed by atoms with Crippen molar-refractivity contribution in [1.82, 2.24) is 9.97 Å². The van der Waals surface area contributed by atoms with Gasteiger partial charge >= 0.3 is 0 Å². The van der Waals surface area contributed by atoms with Crippen LogP contribution in [0.25, 0.3) is 21.6 Å². The largest absolute Gasteiger partial charge is 0.227 e. The van der Waals surface area contributed by atoms with Gasteiger partial charge in [-0.3, -0.25) is 0 Å². The molecule has 3 aromatic rings. The Kier molecular flexibility index (Phi) is 3.44. The lowest BCUT2D eigenvalue weighted by Gasteiger charge is -2.04. The minimum Gasteiger partial charge on any atom is -0.227 e. The highest BCUT2D eigenvalue weighted by molar-refractivity contribution is 7.19. The highest BCUT2D eigenvalue weighted by Gasteiger charge is 2.10.